The Balaban J connectivity index is 1.81. The molecule has 2 N–H and O–H groups in total. The van der Waals surface area contributed by atoms with Gasteiger partial charge in [0, 0.05) is 11.6 Å². The average Bonchev–Trinajstić information content (AvgIpc) is 2.72. The van der Waals surface area contributed by atoms with Gasteiger partial charge in [0.25, 0.3) is 0 Å². The summed E-state index contributed by atoms with van der Waals surface area (Å²) in [4.78, 5) is 4.67. The predicted octanol–water partition coefficient (Wildman–Crippen LogP) is 2.02. The Labute approximate surface area is 102 Å². The molecule has 1 aliphatic heterocycles. The van der Waals surface area contributed by atoms with Crippen LogP contribution in [0.5, 0.6) is 0 Å². The summed E-state index contributed by atoms with van der Waals surface area (Å²) in [6, 6.07) is 8.90. The Bertz CT molecular complexity index is 438. The first-order valence-corrected chi connectivity index (χ1v) is 6.29. The van der Waals surface area contributed by atoms with Crippen LogP contribution in [0, 0.1) is 6.92 Å². The van der Waals surface area contributed by atoms with Crippen LogP contribution in [0.15, 0.2) is 29.3 Å². The fraction of sp³-hybridized carbons (Fsp3) is 0.500. The Morgan fingerprint density at radius 1 is 1.24 bits per heavy atom. The third kappa shape index (κ3) is 2.07. The Hall–Kier alpha value is -1.35. The van der Waals surface area contributed by atoms with Crippen LogP contribution in [0.3, 0.4) is 0 Å². The normalized spacial score (nSPS) is 31.6. The molecule has 17 heavy (non-hydrogen) atoms. The number of rotatable bonds is 1. The smallest absolute Gasteiger partial charge is 0.216 e. The minimum Gasteiger partial charge on any atom is -0.472 e. The largest absolute Gasteiger partial charge is 0.472 e. The van der Waals surface area contributed by atoms with Crippen LogP contribution in [0.25, 0.3) is 0 Å². The van der Waals surface area contributed by atoms with Gasteiger partial charge in [0.1, 0.15) is 6.10 Å². The third-order valence-electron chi connectivity index (χ3n) is 3.64. The van der Waals surface area contributed by atoms with Gasteiger partial charge in [-0.15, -0.1) is 0 Å². The summed E-state index contributed by atoms with van der Waals surface area (Å²) in [6.07, 6.45) is 3.30. The lowest BCUT2D eigenvalue weighted by Crippen LogP contribution is -2.37. The van der Waals surface area contributed by atoms with Gasteiger partial charge in [-0.1, -0.05) is 17.7 Å². The molecule has 0 saturated heterocycles. The summed E-state index contributed by atoms with van der Waals surface area (Å²) in [5.41, 5.74) is 8.31. The number of benzene rings is 1. The summed E-state index contributed by atoms with van der Waals surface area (Å²) in [5, 5.41) is 0. The molecule has 1 saturated carbocycles. The fourth-order valence-electron chi connectivity index (χ4n) is 2.59. The topological polar surface area (TPSA) is 47.6 Å². The molecule has 0 spiro atoms. The summed E-state index contributed by atoms with van der Waals surface area (Å²) in [7, 11) is 0. The van der Waals surface area contributed by atoms with Crippen molar-refractivity contribution in [2.45, 2.75) is 44.4 Å². The van der Waals surface area contributed by atoms with Gasteiger partial charge in [-0.05, 0) is 38.3 Å². The van der Waals surface area contributed by atoms with E-state index in [2.05, 4.69) is 36.2 Å². The molecule has 0 bridgehead atoms. The highest BCUT2D eigenvalue weighted by atomic mass is 16.5. The Morgan fingerprint density at radius 3 is 2.76 bits per heavy atom. The molecular formula is C14H18N2O. The number of nitrogens with zero attached hydrogens (tertiary/aromatic N) is 1. The van der Waals surface area contributed by atoms with Crippen molar-refractivity contribution in [3.8, 4) is 0 Å². The van der Waals surface area contributed by atoms with E-state index in [9.17, 15) is 0 Å². The van der Waals surface area contributed by atoms with Gasteiger partial charge in [-0.2, -0.15) is 0 Å². The number of aliphatic imine (C=N–C) groups is 1. The highest BCUT2D eigenvalue weighted by Crippen LogP contribution is 2.29. The minimum absolute atomic E-state index is 0.256. The third-order valence-corrected chi connectivity index (χ3v) is 3.64. The molecule has 1 aromatic rings. The van der Waals surface area contributed by atoms with Gasteiger partial charge in [-0.25, -0.2) is 4.99 Å². The Kier molecular flexibility index (Phi) is 2.63. The van der Waals surface area contributed by atoms with Gasteiger partial charge in [0.2, 0.25) is 5.90 Å². The van der Waals surface area contributed by atoms with Gasteiger partial charge in [0.05, 0.1) is 6.04 Å². The van der Waals surface area contributed by atoms with E-state index in [1.807, 2.05) is 0 Å². The zero-order valence-electron chi connectivity index (χ0n) is 10.1. The molecule has 3 heteroatoms. The van der Waals surface area contributed by atoms with E-state index >= 15 is 0 Å². The molecular weight excluding hydrogens is 212 g/mol. The van der Waals surface area contributed by atoms with Crippen molar-refractivity contribution in [1.82, 2.24) is 0 Å². The molecule has 3 unspecified atom stereocenters. The second-order valence-electron chi connectivity index (χ2n) is 5.10. The second kappa shape index (κ2) is 4.15. The highest BCUT2D eigenvalue weighted by molar-refractivity contribution is 5.95. The van der Waals surface area contributed by atoms with Crippen LogP contribution in [0.4, 0.5) is 0 Å². The monoisotopic (exact) mass is 230 g/mol. The van der Waals surface area contributed by atoms with Crippen molar-refractivity contribution in [3.63, 3.8) is 0 Å². The second-order valence-corrected chi connectivity index (χ2v) is 5.10. The maximum Gasteiger partial charge on any atom is 0.216 e. The first-order chi connectivity index (χ1) is 8.22. The van der Waals surface area contributed by atoms with Crippen LogP contribution < -0.4 is 5.73 Å². The average molecular weight is 230 g/mol. The summed E-state index contributed by atoms with van der Waals surface area (Å²) in [5.74, 6) is 0.800. The molecule has 3 atom stereocenters. The minimum atomic E-state index is 0.256. The van der Waals surface area contributed by atoms with E-state index in [1.165, 1.54) is 5.56 Å². The van der Waals surface area contributed by atoms with Gasteiger partial charge >= 0.3 is 0 Å². The van der Waals surface area contributed by atoms with E-state index in [0.29, 0.717) is 6.04 Å². The number of hydrogen-bond donors (Lipinski definition) is 1. The molecule has 1 heterocycles. The standard InChI is InChI=1S/C14H18N2O/c1-9-2-4-10(5-3-9)14-16-12-8-11(15)6-7-13(12)17-14/h2-5,11-13H,6-8,15H2,1H3. The van der Waals surface area contributed by atoms with Crippen LogP contribution >= 0.6 is 0 Å². The lowest BCUT2D eigenvalue weighted by Gasteiger charge is -2.26. The lowest BCUT2D eigenvalue weighted by molar-refractivity contribution is 0.145. The molecule has 0 radical (unpaired) electrons. The van der Waals surface area contributed by atoms with E-state index in [1.54, 1.807) is 0 Å². The van der Waals surface area contributed by atoms with Crippen molar-refractivity contribution in [2.24, 2.45) is 10.7 Å². The molecule has 1 fully saturated rings. The molecule has 1 aliphatic carbocycles. The van der Waals surface area contributed by atoms with Gasteiger partial charge in [-0.3, -0.25) is 0 Å². The number of nitrogens with two attached hydrogens (primary N) is 1. The molecule has 3 nitrogen and oxygen atoms in total. The van der Waals surface area contributed by atoms with Crippen molar-refractivity contribution < 1.29 is 4.74 Å². The Morgan fingerprint density at radius 2 is 2.00 bits per heavy atom. The summed E-state index contributed by atoms with van der Waals surface area (Å²) in [6.45, 7) is 2.08. The van der Waals surface area contributed by atoms with Crippen LogP contribution in [0.1, 0.15) is 30.4 Å². The van der Waals surface area contributed by atoms with E-state index in [-0.39, 0.29) is 12.1 Å². The molecule has 2 aliphatic rings. The van der Waals surface area contributed by atoms with Gasteiger partial charge < -0.3 is 10.5 Å². The number of fused-ring (bicyclic) bond motifs is 1. The van der Waals surface area contributed by atoms with Crippen molar-refractivity contribution in [3.05, 3.63) is 35.4 Å². The van der Waals surface area contributed by atoms with Crippen LogP contribution in [-0.4, -0.2) is 24.1 Å². The molecule has 0 aromatic heterocycles. The predicted molar refractivity (Wildman–Crippen MR) is 68.2 cm³/mol. The van der Waals surface area contributed by atoms with Crippen LogP contribution in [-0.2, 0) is 4.74 Å². The molecule has 90 valence electrons. The summed E-state index contributed by atoms with van der Waals surface area (Å²) >= 11 is 0. The fourth-order valence-corrected chi connectivity index (χ4v) is 2.59. The molecule has 3 rings (SSSR count). The summed E-state index contributed by atoms with van der Waals surface area (Å²) < 4.78 is 5.93. The van der Waals surface area contributed by atoms with Crippen LogP contribution in [0.2, 0.25) is 0 Å². The first kappa shape index (κ1) is 10.8. The molecule has 1 aromatic carbocycles. The van der Waals surface area contributed by atoms with E-state index in [4.69, 9.17) is 10.5 Å². The highest BCUT2D eigenvalue weighted by Gasteiger charge is 2.36. The lowest BCUT2D eigenvalue weighted by atomic mass is 9.90. The SMILES string of the molecule is Cc1ccc(C2=NC3CC(N)CCC3O2)cc1. The van der Waals surface area contributed by atoms with Crippen molar-refractivity contribution in [2.75, 3.05) is 0 Å². The number of ether oxygens (including phenoxy) is 1. The zero-order chi connectivity index (χ0) is 11.8. The van der Waals surface area contributed by atoms with Crippen molar-refractivity contribution >= 4 is 5.90 Å². The quantitative estimate of drug-likeness (QED) is 0.802. The number of hydrogen-bond acceptors (Lipinski definition) is 3. The maximum absolute atomic E-state index is 5.97. The first-order valence-electron chi connectivity index (χ1n) is 6.29. The molecule has 0 amide bonds. The van der Waals surface area contributed by atoms with Crippen molar-refractivity contribution in [1.29, 1.82) is 0 Å². The van der Waals surface area contributed by atoms with E-state index in [0.717, 1.165) is 30.7 Å². The van der Waals surface area contributed by atoms with E-state index < -0.39 is 0 Å². The van der Waals surface area contributed by atoms with Gasteiger partial charge in [0.15, 0.2) is 0 Å². The number of aryl methyl sites for hydroxylation is 1. The zero-order valence-corrected chi connectivity index (χ0v) is 10.1. The maximum atomic E-state index is 5.97.